The van der Waals surface area contributed by atoms with E-state index in [4.69, 9.17) is 4.98 Å². The van der Waals surface area contributed by atoms with Crippen LogP contribution in [0.2, 0.25) is 0 Å². The molecule has 0 aromatic carbocycles. The van der Waals surface area contributed by atoms with Gasteiger partial charge >= 0.3 is 0 Å². The number of rotatable bonds is 1. The van der Waals surface area contributed by atoms with E-state index in [2.05, 4.69) is 48.4 Å². The molecule has 3 rings (SSSR count). The van der Waals surface area contributed by atoms with Gasteiger partial charge in [-0.3, -0.25) is 4.90 Å². The monoisotopic (exact) mass is 229 g/mol. The Labute approximate surface area is 102 Å². The van der Waals surface area contributed by atoms with Crippen molar-refractivity contribution in [3.05, 3.63) is 35.3 Å². The van der Waals surface area contributed by atoms with Gasteiger partial charge < -0.3 is 4.40 Å². The van der Waals surface area contributed by atoms with Gasteiger partial charge in [-0.25, -0.2) is 4.98 Å². The molecule has 2 aromatic rings. The van der Waals surface area contributed by atoms with Gasteiger partial charge in [0.25, 0.3) is 0 Å². The lowest BCUT2D eigenvalue weighted by Gasteiger charge is -2.29. The zero-order valence-electron chi connectivity index (χ0n) is 10.8. The van der Waals surface area contributed by atoms with Crippen LogP contribution in [-0.2, 0) is 13.0 Å². The summed E-state index contributed by atoms with van der Waals surface area (Å²) >= 11 is 0. The molecule has 0 bridgehead atoms. The standard InChI is InChI=1S/C14H19N3/c1-10(2)16-6-5-12-13(9-16)17-7-4-11(3)8-14(17)15-12/h4,7-8,10H,5-6,9H2,1-3H3. The summed E-state index contributed by atoms with van der Waals surface area (Å²) in [6.45, 7) is 8.80. The Hall–Kier alpha value is -1.35. The highest BCUT2D eigenvalue weighted by molar-refractivity contribution is 5.46. The quantitative estimate of drug-likeness (QED) is 0.748. The number of fused-ring (bicyclic) bond motifs is 3. The van der Waals surface area contributed by atoms with Crippen molar-refractivity contribution >= 4 is 5.65 Å². The van der Waals surface area contributed by atoms with E-state index in [1.54, 1.807) is 0 Å². The molecule has 1 aliphatic heterocycles. The molecule has 0 radical (unpaired) electrons. The summed E-state index contributed by atoms with van der Waals surface area (Å²) in [5.74, 6) is 0. The Morgan fingerprint density at radius 2 is 2.18 bits per heavy atom. The lowest BCUT2D eigenvalue weighted by Crippen LogP contribution is -2.36. The summed E-state index contributed by atoms with van der Waals surface area (Å²) in [7, 11) is 0. The molecule has 2 aromatic heterocycles. The molecule has 90 valence electrons. The van der Waals surface area contributed by atoms with E-state index in [1.165, 1.54) is 17.0 Å². The number of imidazole rings is 1. The number of hydrogen-bond donors (Lipinski definition) is 0. The van der Waals surface area contributed by atoms with E-state index in [-0.39, 0.29) is 0 Å². The summed E-state index contributed by atoms with van der Waals surface area (Å²) in [5.41, 5.74) is 5.04. The maximum Gasteiger partial charge on any atom is 0.137 e. The van der Waals surface area contributed by atoms with E-state index in [0.29, 0.717) is 6.04 Å². The third kappa shape index (κ3) is 1.75. The van der Waals surface area contributed by atoms with Crippen LogP contribution in [0.3, 0.4) is 0 Å². The van der Waals surface area contributed by atoms with Crippen molar-refractivity contribution < 1.29 is 0 Å². The first kappa shape index (κ1) is 10.8. The lowest BCUT2D eigenvalue weighted by atomic mass is 10.1. The first-order valence-electron chi connectivity index (χ1n) is 6.35. The topological polar surface area (TPSA) is 20.5 Å². The second-order valence-corrected chi connectivity index (χ2v) is 5.25. The molecule has 0 amide bonds. The van der Waals surface area contributed by atoms with Gasteiger partial charge in [-0.05, 0) is 38.5 Å². The smallest absolute Gasteiger partial charge is 0.137 e. The number of aromatic nitrogens is 2. The van der Waals surface area contributed by atoms with Crippen LogP contribution in [0.15, 0.2) is 18.3 Å². The summed E-state index contributed by atoms with van der Waals surface area (Å²) in [4.78, 5) is 7.25. The van der Waals surface area contributed by atoms with Gasteiger partial charge in [0.1, 0.15) is 5.65 Å². The van der Waals surface area contributed by atoms with E-state index in [9.17, 15) is 0 Å². The van der Waals surface area contributed by atoms with E-state index >= 15 is 0 Å². The second-order valence-electron chi connectivity index (χ2n) is 5.25. The van der Waals surface area contributed by atoms with Gasteiger partial charge in [0, 0.05) is 31.7 Å². The maximum absolute atomic E-state index is 4.74. The lowest BCUT2D eigenvalue weighted by molar-refractivity contribution is 0.199. The van der Waals surface area contributed by atoms with Crippen molar-refractivity contribution in [2.45, 2.75) is 39.8 Å². The molecule has 1 aliphatic rings. The first-order chi connectivity index (χ1) is 8.15. The van der Waals surface area contributed by atoms with Crippen LogP contribution < -0.4 is 0 Å². The molecule has 17 heavy (non-hydrogen) atoms. The van der Waals surface area contributed by atoms with Gasteiger partial charge in [0.2, 0.25) is 0 Å². The summed E-state index contributed by atoms with van der Waals surface area (Å²) in [6.07, 6.45) is 3.23. The molecule has 0 unspecified atom stereocenters. The minimum Gasteiger partial charge on any atom is -0.302 e. The van der Waals surface area contributed by atoms with Crippen LogP contribution in [0.25, 0.3) is 5.65 Å². The molecule has 3 heterocycles. The Balaban J connectivity index is 2.09. The molecule has 0 aliphatic carbocycles. The molecule has 0 atom stereocenters. The van der Waals surface area contributed by atoms with Gasteiger partial charge in [0.05, 0.1) is 11.4 Å². The predicted molar refractivity (Wildman–Crippen MR) is 69.2 cm³/mol. The summed E-state index contributed by atoms with van der Waals surface area (Å²) < 4.78 is 2.25. The van der Waals surface area contributed by atoms with Gasteiger partial charge in [0.15, 0.2) is 0 Å². The van der Waals surface area contributed by atoms with E-state index < -0.39 is 0 Å². The SMILES string of the molecule is Cc1ccn2c3c(nc2c1)CCN(C(C)C)C3. The van der Waals surface area contributed by atoms with Crippen molar-refractivity contribution in [1.29, 1.82) is 0 Å². The van der Waals surface area contributed by atoms with Crippen molar-refractivity contribution in [2.75, 3.05) is 6.54 Å². The van der Waals surface area contributed by atoms with Crippen molar-refractivity contribution in [1.82, 2.24) is 14.3 Å². The molecule has 0 saturated carbocycles. The average molecular weight is 229 g/mol. The van der Waals surface area contributed by atoms with Crippen LogP contribution in [0.5, 0.6) is 0 Å². The van der Waals surface area contributed by atoms with Gasteiger partial charge in [-0.15, -0.1) is 0 Å². The fraction of sp³-hybridized carbons (Fsp3) is 0.500. The molecule has 0 fully saturated rings. The minimum atomic E-state index is 0.610. The maximum atomic E-state index is 4.74. The highest BCUT2D eigenvalue weighted by Gasteiger charge is 2.22. The van der Waals surface area contributed by atoms with Crippen LogP contribution in [-0.4, -0.2) is 26.9 Å². The first-order valence-corrected chi connectivity index (χ1v) is 6.35. The van der Waals surface area contributed by atoms with Crippen LogP contribution >= 0.6 is 0 Å². The zero-order chi connectivity index (χ0) is 12.0. The van der Waals surface area contributed by atoms with Crippen molar-refractivity contribution in [3.63, 3.8) is 0 Å². The predicted octanol–water partition coefficient (Wildman–Crippen LogP) is 2.41. The Morgan fingerprint density at radius 3 is 2.94 bits per heavy atom. The number of pyridine rings is 1. The Morgan fingerprint density at radius 1 is 1.35 bits per heavy atom. The van der Waals surface area contributed by atoms with Crippen LogP contribution in [0.1, 0.15) is 30.8 Å². The third-order valence-corrected chi connectivity index (χ3v) is 3.68. The number of hydrogen-bond acceptors (Lipinski definition) is 2. The number of nitrogens with zero attached hydrogens (tertiary/aromatic N) is 3. The zero-order valence-corrected chi connectivity index (χ0v) is 10.8. The molecule has 3 nitrogen and oxygen atoms in total. The molecule has 0 saturated heterocycles. The highest BCUT2D eigenvalue weighted by atomic mass is 15.2. The number of aryl methyl sites for hydroxylation is 1. The average Bonchev–Trinajstić information content (AvgIpc) is 2.64. The normalized spacial score (nSPS) is 16.7. The second kappa shape index (κ2) is 3.84. The summed E-state index contributed by atoms with van der Waals surface area (Å²) in [5, 5.41) is 0. The Kier molecular flexibility index (Phi) is 2.44. The fourth-order valence-electron chi connectivity index (χ4n) is 2.58. The molecule has 0 N–H and O–H groups in total. The molecular weight excluding hydrogens is 210 g/mol. The minimum absolute atomic E-state index is 0.610. The van der Waals surface area contributed by atoms with E-state index in [0.717, 1.165) is 25.2 Å². The van der Waals surface area contributed by atoms with Crippen molar-refractivity contribution in [2.24, 2.45) is 0 Å². The van der Waals surface area contributed by atoms with Gasteiger partial charge in [-0.1, -0.05) is 0 Å². The highest BCUT2D eigenvalue weighted by Crippen LogP contribution is 2.22. The van der Waals surface area contributed by atoms with Crippen molar-refractivity contribution in [3.8, 4) is 0 Å². The van der Waals surface area contributed by atoms with E-state index in [1.807, 2.05) is 0 Å². The molecule has 3 heteroatoms. The largest absolute Gasteiger partial charge is 0.302 e. The van der Waals surface area contributed by atoms with Crippen LogP contribution in [0.4, 0.5) is 0 Å². The molecule has 0 spiro atoms. The molecular formula is C14H19N3. The van der Waals surface area contributed by atoms with Gasteiger partial charge in [-0.2, -0.15) is 0 Å². The van der Waals surface area contributed by atoms with Crippen LogP contribution in [0, 0.1) is 6.92 Å². The fourth-order valence-corrected chi connectivity index (χ4v) is 2.58. The summed E-state index contributed by atoms with van der Waals surface area (Å²) in [6, 6.07) is 4.93. The Bertz CT molecular complexity index is 554. The third-order valence-electron chi connectivity index (χ3n) is 3.68.